The van der Waals surface area contributed by atoms with E-state index in [4.69, 9.17) is 9.47 Å². The summed E-state index contributed by atoms with van der Waals surface area (Å²) < 4.78 is 13.1. The fourth-order valence-electron chi connectivity index (χ4n) is 7.68. The van der Waals surface area contributed by atoms with Crippen LogP contribution in [0.15, 0.2) is 36.8 Å². The average molecular weight is 662 g/mol. The van der Waals surface area contributed by atoms with E-state index in [0.29, 0.717) is 43.1 Å². The lowest BCUT2D eigenvalue weighted by Crippen LogP contribution is -2.53. The molecule has 252 valence electrons. The maximum atomic E-state index is 14.3. The third-order valence-corrected chi connectivity index (χ3v) is 12.0. The first kappa shape index (κ1) is 33.1. The van der Waals surface area contributed by atoms with Gasteiger partial charge in [0, 0.05) is 44.5 Å². The topological polar surface area (TPSA) is 136 Å². The molecule has 1 saturated heterocycles. The number of nitrogens with one attached hydrogen (secondary N) is 2. The van der Waals surface area contributed by atoms with Gasteiger partial charge in [-0.05, 0) is 68.2 Å². The zero-order valence-electron chi connectivity index (χ0n) is 27.9. The van der Waals surface area contributed by atoms with E-state index >= 15 is 0 Å². The number of ketones is 2. The smallest absolute Gasteiger partial charge is 0.271 e. The Morgan fingerprint density at radius 3 is 2.72 bits per heavy atom. The van der Waals surface area contributed by atoms with Gasteiger partial charge in [0.2, 0.25) is 11.7 Å². The lowest BCUT2D eigenvalue weighted by Gasteiger charge is -2.29. The zero-order chi connectivity index (χ0) is 33.3. The van der Waals surface area contributed by atoms with Gasteiger partial charge in [0.1, 0.15) is 35.7 Å². The Morgan fingerprint density at radius 2 is 1.98 bits per heavy atom. The Kier molecular flexibility index (Phi) is 9.70. The number of benzene rings is 1. The van der Waals surface area contributed by atoms with E-state index in [-0.39, 0.29) is 54.3 Å². The Morgan fingerprint density at radius 1 is 1.15 bits per heavy atom. The number of methoxy groups -OCH3 is 1. The Bertz CT molecular complexity index is 1640. The molecule has 0 radical (unpaired) electrons. The summed E-state index contributed by atoms with van der Waals surface area (Å²) in [5.41, 5.74) is 1.50. The molecule has 2 aliphatic carbocycles. The number of imidazole rings is 1. The summed E-state index contributed by atoms with van der Waals surface area (Å²) >= 11 is 0. The molecular weight excluding hydrogens is 615 g/mol. The number of nitrogens with zero attached hydrogens (tertiary/aromatic N) is 3. The van der Waals surface area contributed by atoms with Crippen molar-refractivity contribution in [2.45, 2.75) is 89.4 Å². The van der Waals surface area contributed by atoms with Crippen LogP contribution in [0.5, 0.6) is 5.75 Å². The van der Waals surface area contributed by atoms with Gasteiger partial charge < -0.3 is 29.2 Å². The molecule has 47 heavy (non-hydrogen) atoms. The number of Topliss-reactive ketones (excluding diaryl/α,β-unsaturated/α-hetero) is 2. The highest BCUT2D eigenvalue weighted by molar-refractivity contribution is 6.76. The van der Waals surface area contributed by atoms with E-state index in [0.717, 1.165) is 42.6 Å². The van der Waals surface area contributed by atoms with E-state index in [1.165, 1.54) is 6.20 Å². The van der Waals surface area contributed by atoms with Crippen molar-refractivity contribution in [3.8, 4) is 5.75 Å². The van der Waals surface area contributed by atoms with Crippen molar-refractivity contribution in [1.82, 2.24) is 24.8 Å². The molecule has 3 heterocycles. The minimum atomic E-state index is -1.28. The van der Waals surface area contributed by atoms with E-state index in [9.17, 15) is 19.2 Å². The molecule has 2 N–H and O–H groups in total. The summed E-state index contributed by atoms with van der Waals surface area (Å²) in [6.45, 7) is 8.10. The number of likely N-dealkylation sites (tertiary alicyclic amines) is 1. The summed E-state index contributed by atoms with van der Waals surface area (Å²) in [5.74, 6) is -0.179. The fourth-order valence-corrected chi connectivity index (χ4v) is 8.44. The van der Waals surface area contributed by atoms with Crippen LogP contribution in [0, 0.1) is 17.8 Å². The monoisotopic (exact) mass is 661 g/mol. The molecule has 2 amide bonds. The molecule has 2 aromatic heterocycles. The molecule has 1 aromatic carbocycles. The number of hydrogen-bond acceptors (Lipinski definition) is 7. The standard InChI is InChI=1S/C35H47N5O6Si/c1-45-31-13-7-11-26-25(31)17-28(37-26)35(44)40-19-23-9-5-10-24(23)32(40)34(43)38-27(16-22-8-6-12-30(22)41)33(42)29-18-36-20-39(29)21-46-14-15-47(2,3)4/h7,11,13,17-18,20,22-24,27,32,37H,5-6,8-10,12,14-16,19,21H2,1-4H3,(H,38,43)/t22-,23-,24-,27-,32-/m0/s1. The number of aromatic amines is 1. The van der Waals surface area contributed by atoms with Crippen LogP contribution in [-0.2, 0) is 21.1 Å². The molecule has 3 aliphatic rings. The summed E-state index contributed by atoms with van der Waals surface area (Å²) in [6.07, 6.45) is 8.06. The molecule has 2 saturated carbocycles. The second-order valence-corrected chi connectivity index (χ2v) is 20.3. The molecule has 5 atom stereocenters. The van der Waals surface area contributed by atoms with Crippen LogP contribution in [0.25, 0.3) is 10.9 Å². The first-order valence-corrected chi connectivity index (χ1v) is 20.7. The van der Waals surface area contributed by atoms with Gasteiger partial charge in [-0.15, -0.1) is 0 Å². The molecule has 0 bridgehead atoms. The first-order chi connectivity index (χ1) is 22.5. The van der Waals surface area contributed by atoms with E-state index in [1.54, 1.807) is 29.0 Å². The number of ether oxygens (including phenoxy) is 2. The lowest BCUT2D eigenvalue weighted by molar-refractivity contribution is -0.127. The molecule has 3 aromatic rings. The predicted molar refractivity (Wildman–Crippen MR) is 180 cm³/mol. The molecule has 12 heteroatoms. The van der Waals surface area contributed by atoms with Gasteiger partial charge >= 0.3 is 0 Å². The number of rotatable bonds is 13. The second kappa shape index (κ2) is 13.8. The minimum absolute atomic E-state index is 0.00650. The van der Waals surface area contributed by atoms with E-state index in [2.05, 4.69) is 34.9 Å². The zero-order valence-corrected chi connectivity index (χ0v) is 28.9. The maximum absolute atomic E-state index is 14.3. The van der Waals surface area contributed by atoms with Crippen molar-refractivity contribution in [3.63, 3.8) is 0 Å². The summed E-state index contributed by atoms with van der Waals surface area (Å²) in [6, 6.07) is 6.73. The van der Waals surface area contributed by atoms with Crippen molar-refractivity contribution in [2.75, 3.05) is 20.3 Å². The quantitative estimate of drug-likeness (QED) is 0.149. The Labute approximate surface area is 276 Å². The highest BCUT2D eigenvalue weighted by Crippen LogP contribution is 2.43. The number of H-pyrrole nitrogens is 1. The minimum Gasteiger partial charge on any atom is -0.496 e. The van der Waals surface area contributed by atoms with Crippen LogP contribution in [0.2, 0.25) is 25.7 Å². The van der Waals surface area contributed by atoms with Gasteiger partial charge in [-0.25, -0.2) is 4.98 Å². The van der Waals surface area contributed by atoms with Gasteiger partial charge in [0.25, 0.3) is 5.91 Å². The van der Waals surface area contributed by atoms with Crippen LogP contribution >= 0.6 is 0 Å². The maximum Gasteiger partial charge on any atom is 0.271 e. The SMILES string of the molecule is COc1cccc2[nH]c(C(=O)N3C[C@@H]4CCC[C@@H]4[C@H]3C(=O)N[C@@H](C[C@@H]3CCCC3=O)C(=O)c3cncn3COCC[Si](C)(C)C)cc12. The normalized spacial score (nSPS) is 23.3. The fraction of sp³-hybridized carbons (Fsp3) is 0.571. The van der Waals surface area contributed by atoms with Crippen LogP contribution in [-0.4, -0.2) is 83.2 Å². The summed E-state index contributed by atoms with van der Waals surface area (Å²) in [7, 11) is 0.312. The van der Waals surface area contributed by atoms with Gasteiger partial charge in [-0.3, -0.25) is 19.2 Å². The number of amides is 2. The Hall–Kier alpha value is -3.77. The molecule has 0 spiro atoms. The molecule has 0 unspecified atom stereocenters. The largest absolute Gasteiger partial charge is 0.496 e. The highest BCUT2D eigenvalue weighted by Gasteiger charge is 2.50. The predicted octanol–water partition coefficient (Wildman–Crippen LogP) is 5.05. The van der Waals surface area contributed by atoms with Crippen LogP contribution in [0.1, 0.15) is 65.9 Å². The summed E-state index contributed by atoms with van der Waals surface area (Å²) in [4.78, 5) is 64.4. The van der Waals surface area contributed by atoms with Gasteiger partial charge in [0.15, 0.2) is 0 Å². The number of carbonyl (C=O) groups is 4. The molecule has 11 nitrogen and oxygen atoms in total. The van der Waals surface area contributed by atoms with E-state index in [1.807, 2.05) is 18.2 Å². The number of fused-ring (bicyclic) bond motifs is 2. The average Bonchev–Trinajstić information content (AvgIpc) is 3.86. The lowest BCUT2D eigenvalue weighted by atomic mass is 9.91. The van der Waals surface area contributed by atoms with Crippen LogP contribution in [0.3, 0.4) is 0 Å². The highest BCUT2D eigenvalue weighted by atomic mass is 28.3. The number of carbonyl (C=O) groups excluding carboxylic acids is 4. The molecule has 1 aliphatic heterocycles. The van der Waals surface area contributed by atoms with Crippen molar-refractivity contribution in [3.05, 3.63) is 48.2 Å². The molecular formula is C35H47N5O6Si. The van der Waals surface area contributed by atoms with Crippen molar-refractivity contribution >= 4 is 42.4 Å². The van der Waals surface area contributed by atoms with Crippen LogP contribution < -0.4 is 10.1 Å². The summed E-state index contributed by atoms with van der Waals surface area (Å²) in [5, 5.41) is 3.86. The molecule has 3 fully saturated rings. The first-order valence-electron chi connectivity index (χ1n) is 17.0. The van der Waals surface area contributed by atoms with Crippen molar-refractivity contribution < 1.29 is 28.7 Å². The Balaban J connectivity index is 1.24. The van der Waals surface area contributed by atoms with E-state index < -0.39 is 20.2 Å². The molecule has 6 rings (SSSR count). The van der Waals surface area contributed by atoms with Gasteiger partial charge in [0.05, 0.1) is 25.7 Å². The second-order valence-electron chi connectivity index (χ2n) is 14.7. The number of hydrogen-bond donors (Lipinski definition) is 2. The third kappa shape index (κ3) is 7.08. The number of aromatic nitrogens is 3. The van der Waals surface area contributed by atoms with Gasteiger partial charge in [-0.1, -0.05) is 32.1 Å². The third-order valence-electron chi connectivity index (χ3n) is 10.3. The van der Waals surface area contributed by atoms with Gasteiger partial charge in [-0.2, -0.15) is 0 Å². The van der Waals surface area contributed by atoms with Crippen molar-refractivity contribution in [1.29, 1.82) is 0 Å². The van der Waals surface area contributed by atoms with Crippen LogP contribution in [0.4, 0.5) is 0 Å². The van der Waals surface area contributed by atoms with Crippen molar-refractivity contribution in [2.24, 2.45) is 17.8 Å².